The standard InChI is InChI=1S/C13H12FNO3S/c1-15(5-4-12(16)17)13(18)11-6-8-2-3-9(14)7-10(8)19-11/h2-3,6-7H,4-5H2,1H3,(H,16,17). The van der Waals surface area contributed by atoms with E-state index >= 15 is 0 Å². The molecule has 0 aliphatic rings. The van der Waals surface area contributed by atoms with Gasteiger partial charge in [0.2, 0.25) is 0 Å². The molecule has 0 bridgehead atoms. The lowest BCUT2D eigenvalue weighted by molar-refractivity contribution is -0.137. The number of carboxylic acid groups (broad SMARTS) is 1. The van der Waals surface area contributed by atoms with Crippen LogP contribution in [0.4, 0.5) is 4.39 Å². The first kappa shape index (κ1) is 13.5. The fourth-order valence-corrected chi connectivity index (χ4v) is 2.75. The normalized spacial score (nSPS) is 10.6. The van der Waals surface area contributed by atoms with Crippen LogP contribution in [0.15, 0.2) is 24.3 Å². The van der Waals surface area contributed by atoms with E-state index in [-0.39, 0.29) is 24.7 Å². The molecule has 0 unspecified atom stereocenters. The van der Waals surface area contributed by atoms with Crippen LogP contribution >= 0.6 is 11.3 Å². The lowest BCUT2D eigenvalue weighted by atomic mass is 10.2. The van der Waals surface area contributed by atoms with E-state index < -0.39 is 5.97 Å². The molecule has 0 radical (unpaired) electrons. The molecule has 0 saturated heterocycles. The molecule has 1 N–H and O–H groups in total. The summed E-state index contributed by atoms with van der Waals surface area (Å²) in [5, 5.41) is 9.39. The number of amides is 1. The van der Waals surface area contributed by atoms with Crippen LogP contribution in [-0.4, -0.2) is 35.5 Å². The zero-order valence-corrected chi connectivity index (χ0v) is 11.0. The maximum Gasteiger partial charge on any atom is 0.305 e. The molecule has 0 fully saturated rings. The third-order valence-corrected chi connectivity index (χ3v) is 3.79. The Morgan fingerprint density at radius 2 is 2.11 bits per heavy atom. The van der Waals surface area contributed by atoms with E-state index in [2.05, 4.69) is 0 Å². The second-order valence-corrected chi connectivity index (χ2v) is 5.25. The average molecular weight is 281 g/mol. The van der Waals surface area contributed by atoms with Gasteiger partial charge >= 0.3 is 5.97 Å². The zero-order valence-electron chi connectivity index (χ0n) is 10.2. The van der Waals surface area contributed by atoms with Crippen LogP contribution in [0.1, 0.15) is 16.1 Å². The number of hydrogen-bond donors (Lipinski definition) is 1. The van der Waals surface area contributed by atoms with Crippen LogP contribution in [0.25, 0.3) is 10.1 Å². The summed E-state index contributed by atoms with van der Waals surface area (Å²) in [6.07, 6.45) is -0.0955. The Hall–Kier alpha value is -1.95. The van der Waals surface area contributed by atoms with Gasteiger partial charge in [-0.3, -0.25) is 9.59 Å². The van der Waals surface area contributed by atoms with Gasteiger partial charge < -0.3 is 10.0 Å². The highest BCUT2D eigenvalue weighted by atomic mass is 32.1. The van der Waals surface area contributed by atoms with E-state index in [1.54, 1.807) is 19.2 Å². The van der Waals surface area contributed by atoms with Crippen molar-refractivity contribution in [1.82, 2.24) is 4.90 Å². The predicted molar refractivity (Wildman–Crippen MR) is 71.0 cm³/mol. The number of benzene rings is 1. The molecule has 19 heavy (non-hydrogen) atoms. The number of fused-ring (bicyclic) bond motifs is 1. The molecular formula is C13H12FNO3S. The van der Waals surface area contributed by atoms with Crippen LogP contribution in [0, 0.1) is 5.82 Å². The first-order chi connectivity index (χ1) is 8.97. The van der Waals surface area contributed by atoms with Crippen LogP contribution in [0.2, 0.25) is 0 Å². The minimum atomic E-state index is -0.946. The van der Waals surface area contributed by atoms with Crippen LogP contribution in [-0.2, 0) is 4.79 Å². The first-order valence-corrected chi connectivity index (χ1v) is 6.45. The number of rotatable bonds is 4. The zero-order chi connectivity index (χ0) is 14.0. The molecule has 2 rings (SSSR count). The van der Waals surface area contributed by atoms with Crippen molar-refractivity contribution in [2.75, 3.05) is 13.6 Å². The van der Waals surface area contributed by atoms with Gasteiger partial charge in [-0.05, 0) is 23.6 Å². The van der Waals surface area contributed by atoms with E-state index in [9.17, 15) is 14.0 Å². The van der Waals surface area contributed by atoms with Gasteiger partial charge in [0.05, 0.1) is 11.3 Å². The monoisotopic (exact) mass is 281 g/mol. The second kappa shape index (κ2) is 5.36. The summed E-state index contributed by atoms with van der Waals surface area (Å²) in [5.41, 5.74) is 0. The Bertz CT molecular complexity index is 638. The van der Waals surface area contributed by atoms with Crippen molar-refractivity contribution in [2.45, 2.75) is 6.42 Å². The van der Waals surface area contributed by atoms with Gasteiger partial charge in [0, 0.05) is 18.3 Å². The summed E-state index contributed by atoms with van der Waals surface area (Å²) in [5.74, 6) is -1.53. The number of nitrogens with zero attached hydrogens (tertiary/aromatic N) is 1. The molecule has 6 heteroatoms. The number of carbonyl (C=O) groups is 2. The highest BCUT2D eigenvalue weighted by molar-refractivity contribution is 7.20. The van der Waals surface area contributed by atoms with Gasteiger partial charge in [0.25, 0.3) is 5.91 Å². The lowest BCUT2D eigenvalue weighted by Gasteiger charge is -2.14. The van der Waals surface area contributed by atoms with E-state index in [0.717, 1.165) is 5.39 Å². The molecule has 100 valence electrons. The van der Waals surface area contributed by atoms with E-state index in [0.29, 0.717) is 9.58 Å². The highest BCUT2D eigenvalue weighted by Crippen LogP contribution is 2.27. The maximum atomic E-state index is 13.1. The van der Waals surface area contributed by atoms with Gasteiger partial charge in [0.1, 0.15) is 5.82 Å². The van der Waals surface area contributed by atoms with Crippen molar-refractivity contribution in [3.05, 3.63) is 35.0 Å². The van der Waals surface area contributed by atoms with Gasteiger partial charge in [-0.1, -0.05) is 6.07 Å². The molecule has 2 aromatic rings. The number of carboxylic acids is 1. The molecule has 0 atom stereocenters. The Labute approximate surface area is 113 Å². The van der Waals surface area contributed by atoms with Crippen molar-refractivity contribution in [3.8, 4) is 0 Å². The van der Waals surface area contributed by atoms with Gasteiger partial charge in [-0.25, -0.2) is 4.39 Å². The first-order valence-electron chi connectivity index (χ1n) is 5.64. The number of carbonyl (C=O) groups excluding carboxylic acids is 1. The Balaban J connectivity index is 2.19. The topological polar surface area (TPSA) is 57.6 Å². The van der Waals surface area contributed by atoms with E-state index in [4.69, 9.17) is 5.11 Å². The Kier molecular flexibility index (Phi) is 3.80. The number of thiophene rings is 1. The molecule has 1 aromatic carbocycles. The summed E-state index contributed by atoms with van der Waals surface area (Å²) >= 11 is 1.20. The molecule has 1 aromatic heterocycles. The number of aliphatic carboxylic acids is 1. The van der Waals surface area contributed by atoms with Crippen LogP contribution in [0.5, 0.6) is 0 Å². The van der Waals surface area contributed by atoms with Gasteiger partial charge in [-0.15, -0.1) is 11.3 Å². The van der Waals surface area contributed by atoms with E-state index in [1.807, 2.05) is 0 Å². The second-order valence-electron chi connectivity index (χ2n) is 4.16. The summed E-state index contributed by atoms with van der Waals surface area (Å²) in [6.45, 7) is 0.150. The molecule has 4 nitrogen and oxygen atoms in total. The maximum absolute atomic E-state index is 13.1. The van der Waals surface area contributed by atoms with Crippen LogP contribution in [0.3, 0.4) is 0 Å². The fraction of sp³-hybridized carbons (Fsp3) is 0.231. The fourth-order valence-electron chi connectivity index (χ4n) is 1.66. The molecule has 0 aliphatic heterocycles. The largest absolute Gasteiger partial charge is 0.481 e. The average Bonchev–Trinajstić information content (AvgIpc) is 2.77. The summed E-state index contributed by atoms with van der Waals surface area (Å²) in [6, 6.07) is 6.04. The quantitative estimate of drug-likeness (QED) is 0.937. The molecule has 1 amide bonds. The van der Waals surface area contributed by atoms with Crippen molar-refractivity contribution >= 4 is 33.3 Å². The van der Waals surface area contributed by atoms with E-state index in [1.165, 1.54) is 28.4 Å². The smallest absolute Gasteiger partial charge is 0.305 e. The van der Waals surface area contributed by atoms with Crippen molar-refractivity contribution in [1.29, 1.82) is 0 Å². The third-order valence-electron chi connectivity index (χ3n) is 2.70. The van der Waals surface area contributed by atoms with Crippen molar-refractivity contribution in [3.63, 3.8) is 0 Å². The Morgan fingerprint density at radius 1 is 1.37 bits per heavy atom. The summed E-state index contributed by atoms with van der Waals surface area (Å²) in [7, 11) is 1.55. The third kappa shape index (κ3) is 3.08. The van der Waals surface area contributed by atoms with Crippen molar-refractivity contribution < 1.29 is 19.1 Å². The lowest BCUT2D eigenvalue weighted by Crippen LogP contribution is -2.28. The number of halogens is 1. The highest BCUT2D eigenvalue weighted by Gasteiger charge is 2.15. The SMILES string of the molecule is CN(CCC(=O)O)C(=O)c1cc2ccc(F)cc2s1. The number of hydrogen-bond acceptors (Lipinski definition) is 3. The molecular weight excluding hydrogens is 269 g/mol. The molecule has 1 heterocycles. The summed E-state index contributed by atoms with van der Waals surface area (Å²) in [4.78, 5) is 24.4. The summed E-state index contributed by atoms with van der Waals surface area (Å²) < 4.78 is 13.8. The molecule has 0 aliphatic carbocycles. The van der Waals surface area contributed by atoms with Crippen molar-refractivity contribution in [2.24, 2.45) is 0 Å². The Morgan fingerprint density at radius 3 is 2.79 bits per heavy atom. The van der Waals surface area contributed by atoms with Gasteiger partial charge in [-0.2, -0.15) is 0 Å². The molecule has 0 spiro atoms. The predicted octanol–water partition coefficient (Wildman–Crippen LogP) is 2.59. The van der Waals surface area contributed by atoms with Crippen LogP contribution < -0.4 is 0 Å². The molecule has 0 saturated carbocycles. The minimum absolute atomic E-state index is 0.0955. The van der Waals surface area contributed by atoms with Gasteiger partial charge in [0.15, 0.2) is 0 Å². The minimum Gasteiger partial charge on any atom is -0.481 e.